The molecular weight excluding hydrogens is 256 g/mol. The lowest BCUT2D eigenvalue weighted by atomic mass is 9.56. The third-order valence-corrected chi connectivity index (χ3v) is 6.64. The molecule has 0 radical (unpaired) electrons. The van der Waals surface area contributed by atoms with Crippen LogP contribution in [0.5, 0.6) is 5.75 Å². The molecule has 1 nitrogen and oxygen atoms in total. The van der Waals surface area contributed by atoms with Crippen molar-refractivity contribution in [3.05, 3.63) is 40.5 Å². The quantitative estimate of drug-likeness (QED) is 0.645. The fourth-order valence-corrected chi connectivity index (χ4v) is 5.33. The van der Waals surface area contributed by atoms with Crippen molar-refractivity contribution in [3.63, 3.8) is 0 Å². The number of ether oxygens (including phenoxy) is 1. The van der Waals surface area contributed by atoms with E-state index in [4.69, 9.17) is 4.74 Å². The number of allylic oxidation sites excluding steroid dienone is 2. The highest BCUT2D eigenvalue weighted by molar-refractivity contribution is 5.52. The molecule has 4 rings (SSSR count). The van der Waals surface area contributed by atoms with Crippen LogP contribution in [0.25, 0.3) is 0 Å². The van der Waals surface area contributed by atoms with E-state index in [2.05, 4.69) is 32.0 Å². The molecule has 1 saturated carbocycles. The Morgan fingerprint density at radius 2 is 1.81 bits per heavy atom. The van der Waals surface area contributed by atoms with Gasteiger partial charge in [-0.15, -0.1) is 0 Å². The molecule has 1 fully saturated rings. The summed E-state index contributed by atoms with van der Waals surface area (Å²) in [5.74, 6) is 1.01. The molecule has 112 valence electrons. The zero-order valence-electron chi connectivity index (χ0n) is 13.6. The van der Waals surface area contributed by atoms with Crippen molar-refractivity contribution in [1.29, 1.82) is 0 Å². The summed E-state index contributed by atoms with van der Waals surface area (Å²) in [5.41, 5.74) is 7.54. The van der Waals surface area contributed by atoms with E-state index in [1.165, 1.54) is 50.5 Å². The summed E-state index contributed by atoms with van der Waals surface area (Å²) >= 11 is 0. The van der Waals surface area contributed by atoms with E-state index < -0.39 is 0 Å². The lowest BCUT2D eigenvalue weighted by Gasteiger charge is -2.48. The molecule has 0 saturated heterocycles. The van der Waals surface area contributed by atoms with Crippen LogP contribution in [0.15, 0.2) is 29.3 Å². The second-order valence-electron chi connectivity index (χ2n) is 7.73. The molecule has 1 aromatic rings. The van der Waals surface area contributed by atoms with Crippen molar-refractivity contribution in [3.8, 4) is 5.75 Å². The second-order valence-corrected chi connectivity index (χ2v) is 7.73. The van der Waals surface area contributed by atoms with Crippen molar-refractivity contribution in [2.24, 2.45) is 5.41 Å². The Hall–Kier alpha value is -1.24. The highest BCUT2D eigenvalue weighted by atomic mass is 16.5. The predicted octanol–water partition coefficient (Wildman–Crippen LogP) is 5.18. The zero-order chi connectivity index (χ0) is 14.7. The highest BCUT2D eigenvalue weighted by Crippen LogP contribution is 2.59. The highest BCUT2D eigenvalue weighted by Gasteiger charge is 2.48. The largest absolute Gasteiger partial charge is 0.497 e. The van der Waals surface area contributed by atoms with Crippen LogP contribution in [0.3, 0.4) is 0 Å². The third-order valence-electron chi connectivity index (χ3n) is 6.64. The average molecular weight is 282 g/mol. The van der Waals surface area contributed by atoms with Gasteiger partial charge in [-0.1, -0.05) is 31.1 Å². The predicted molar refractivity (Wildman–Crippen MR) is 86.9 cm³/mol. The van der Waals surface area contributed by atoms with Gasteiger partial charge in [0.15, 0.2) is 0 Å². The van der Waals surface area contributed by atoms with E-state index in [9.17, 15) is 0 Å². The van der Waals surface area contributed by atoms with Crippen molar-refractivity contribution in [2.75, 3.05) is 7.11 Å². The maximum atomic E-state index is 5.42. The van der Waals surface area contributed by atoms with Gasteiger partial charge in [0.1, 0.15) is 5.75 Å². The van der Waals surface area contributed by atoms with Gasteiger partial charge in [0.25, 0.3) is 0 Å². The number of aryl methyl sites for hydroxylation is 1. The standard InChI is InChI=1S/C20H26O/c1-19-10-4-5-17(19)18-8-6-14-13-15(21-3)7-9-16(14)20(18,2)12-11-19/h7,9,13H,4-6,8,10-12H2,1-3H3. The molecule has 1 aromatic carbocycles. The van der Waals surface area contributed by atoms with Gasteiger partial charge < -0.3 is 4.74 Å². The van der Waals surface area contributed by atoms with Crippen molar-refractivity contribution in [1.82, 2.24) is 0 Å². The molecule has 1 heteroatoms. The molecule has 2 atom stereocenters. The summed E-state index contributed by atoms with van der Waals surface area (Å²) in [7, 11) is 1.77. The molecule has 0 heterocycles. The summed E-state index contributed by atoms with van der Waals surface area (Å²) < 4.78 is 5.42. The van der Waals surface area contributed by atoms with Gasteiger partial charge in [-0.25, -0.2) is 0 Å². The van der Waals surface area contributed by atoms with Crippen molar-refractivity contribution in [2.45, 2.75) is 64.2 Å². The van der Waals surface area contributed by atoms with E-state index in [1.807, 2.05) is 5.57 Å². The van der Waals surface area contributed by atoms with Crippen molar-refractivity contribution >= 4 is 0 Å². The zero-order valence-corrected chi connectivity index (χ0v) is 13.6. The molecule has 0 bridgehead atoms. The fraction of sp³-hybridized carbons (Fsp3) is 0.600. The number of rotatable bonds is 1. The Bertz CT molecular complexity index is 627. The topological polar surface area (TPSA) is 9.23 Å². The minimum absolute atomic E-state index is 0.291. The maximum absolute atomic E-state index is 5.42. The Labute approximate surface area is 128 Å². The first-order chi connectivity index (χ1) is 10.1. The lowest BCUT2D eigenvalue weighted by molar-refractivity contribution is 0.278. The molecule has 21 heavy (non-hydrogen) atoms. The van der Waals surface area contributed by atoms with Gasteiger partial charge in [-0.2, -0.15) is 0 Å². The summed E-state index contributed by atoms with van der Waals surface area (Å²) in [5, 5.41) is 0. The van der Waals surface area contributed by atoms with Gasteiger partial charge in [-0.05, 0) is 73.6 Å². The van der Waals surface area contributed by atoms with Gasteiger partial charge >= 0.3 is 0 Å². The minimum Gasteiger partial charge on any atom is -0.497 e. The monoisotopic (exact) mass is 282 g/mol. The van der Waals surface area contributed by atoms with Gasteiger partial charge in [-0.3, -0.25) is 0 Å². The van der Waals surface area contributed by atoms with Crippen LogP contribution in [-0.4, -0.2) is 7.11 Å². The first-order valence-electron chi connectivity index (χ1n) is 8.47. The van der Waals surface area contributed by atoms with Crippen LogP contribution in [0.2, 0.25) is 0 Å². The second kappa shape index (κ2) is 4.38. The number of fused-ring (bicyclic) bond motifs is 4. The van der Waals surface area contributed by atoms with E-state index in [1.54, 1.807) is 18.2 Å². The van der Waals surface area contributed by atoms with E-state index in [0.29, 0.717) is 10.8 Å². The SMILES string of the molecule is COc1ccc2c(c1)CCC1=C3CCCC3(C)CCC12C. The van der Waals surface area contributed by atoms with Crippen LogP contribution in [0.4, 0.5) is 0 Å². The molecule has 3 aliphatic rings. The minimum atomic E-state index is 0.291. The normalized spacial score (nSPS) is 34.2. The number of benzene rings is 1. The molecule has 0 N–H and O–H groups in total. The molecule has 0 spiro atoms. The average Bonchev–Trinajstić information content (AvgIpc) is 2.88. The van der Waals surface area contributed by atoms with Gasteiger partial charge in [0.2, 0.25) is 0 Å². The van der Waals surface area contributed by atoms with E-state index in [0.717, 1.165) is 5.75 Å². The van der Waals surface area contributed by atoms with E-state index >= 15 is 0 Å². The van der Waals surface area contributed by atoms with Crippen LogP contribution in [-0.2, 0) is 11.8 Å². The smallest absolute Gasteiger partial charge is 0.119 e. The molecule has 0 amide bonds. The Morgan fingerprint density at radius 1 is 0.952 bits per heavy atom. The summed E-state index contributed by atoms with van der Waals surface area (Å²) in [6.07, 6.45) is 9.32. The summed E-state index contributed by atoms with van der Waals surface area (Å²) in [6.45, 7) is 5.02. The first kappa shape index (κ1) is 13.4. The van der Waals surface area contributed by atoms with Gasteiger partial charge in [0, 0.05) is 5.41 Å². The molecular formula is C20H26O. The number of hydrogen-bond acceptors (Lipinski definition) is 1. The van der Waals surface area contributed by atoms with Crippen LogP contribution in [0, 0.1) is 5.41 Å². The van der Waals surface area contributed by atoms with Crippen LogP contribution >= 0.6 is 0 Å². The van der Waals surface area contributed by atoms with E-state index in [-0.39, 0.29) is 0 Å². The van der Waals surface area contributed by atoms with Crippen molar-refractivity contribution < 1.29 is 4.74 Å². The Balaban J connectivity index is 1.88. The first-order valence-corrected chi connectivity index (χ1v) is 8.47. The summed E-state index contributed by atoms with van der Waals surface area (Å²) in [6, 6.07) is 6.76. The van der Waals surface area contributed by atoms with Crippen LogP contribution in [0.1, 0.15) is 63.5 Å². The maximum Gasteiger partial charge on any atom is 0.119 e. The van der Waals surface area contributed by atoms with Gasteiger partial charge in [0.05, 0.1) is 7.11 Å². The Morgan fingerprint density at radius 3 is 2.62 bits per heavy atom. The Kier molecular flexibility index (Phi) is 2.80. The molecule has 2 unspecified atom stereocenters. The summed E-state index contributed by atoms with van der Waals surface area (Å²) in [4.78, 5) is 0. The molecule has 3 aliphatic carbocycles. The molecule has 0 aliphatic heterocycles. The number of hydrogen-bond donors (Lipinski definition) is 0. The third kappa shape index (κ3) is 1.76. The number of methoxy groups -OCH3 is 1. The fourth-order valence-electron chi connectivity index (χ4n) is 5.33. The van der Waals surface area contributed by atoms with Crippen LogP contribution < -0.4 is 4.74 Å². The lowest BCUT2D eigenvalue weighted by Crippen LogP contribution is -2.38. The molecule has 0 aromatic heterocycles.